The number of aromatic carboxylic acids is 1. The zero-order chi connectivity index (χ0) is 25.0. The van der Waals surface area contributed by atoms with Crippen LogP contribution in [-0.2, 0) is 17.1 Å². The second-order valence-corrected chi connectivity index (χ2v) is 7.20. The summed E-state index contributed by atoms with van der Waals surface area (Å²) in [6.07, 6.45) is -9.74. The largest absolute Gasteiger partial charge is 0.478 e. The number of rotatable bonds is 3. The molecule has 0 saturated carbocycles. The molecule has 16 heteroatoms. The van der Waals surface area contributed by atoms with Crippen LogP contribution in [0, 0.1) is 0 Å². The highest BCUT2D eigenvalue weighted by atomic mass is 79.9. The molecule has 2 aromatic rings. The predicted octanol–water partition coefficient (Wildman–Crippen LogP) is 4.19. The molecule has 0 amide bonds. The molecule has 0 radical (unpaired) electrons. The first-order chi connectivity index (χ1) is 14.5. The number of nitrogens with one attached hydrogen (secondary N) is 2. The van der Waals surface area contributed by atoms with Crippen LogP contribution in [-0.4, -0.2) is 33.6 Å². The lowest BCUT2D eigenvalue weighted by Gasteiger charge is -2.11. The van der Waals surface area contributed by atoms with Crippen LogP contribution in [0.4, 0.5) is 26.3 Å². The molecule has 2 rings (SSSR count). The third-order valence-electron chi connectivity index (χ3n) is 3.28. The van der Waals surface area contributed by atoms with Crippen LogP contribution in [0.5, 0.6) is 0 Å². The minimum absolute atomic E-state index is 0.0626. The van der Waals surface area contributed by atoms with Crippen LogP contribution in [0.3, 0.4) is 0 Å². The van der Waals surface area contributed by atoms with Crippen molar-refractivity contribution in [1.82, 2.24) is 9.97 Å². The van der Waals surface area contributed by atoms with E-state index in [0.29, 0.717) is 6.07 Å². The summed E-state index contributed by atoms with van der Waals surface area (Å²) >= 11 is 5.39. The van der Waals surface area contributed by atoms with Crippen LogP contribution in [0.2, 0.25) is 0 Å². The number of alkyl halides is 6. The third-order valence-corrected chi connectivity index (χ3v) is 4.46. The van der Waals surface area contributed by atoms with Crippen molar-refractivity contribution in [3.63, 3.8) is 0 Å². The summed E-state index contributed by atoms with van der Waals surface area (Å²) in [7, 11) is 0. The SMILES string of the molecule is CCOC(=O)c1cc(Br)c(=O)[nH]c1C(F)(F)F.O=C(O)c1cc(Br)c(=O)[nH]c1C(F)(F)F. The van der Waals surface area contributed by atoms with Crippen LogP contribution < -0.4 is 11.1 Å². The molecule has 3 N–H and O–H groups in total. The Labute approximate surface area is 189 Å². The van der Waals surface area contributed by atoms with Gasteiger partial charge in [-0.2, -0.15) is 26.3 Å². The minimum Gasteiger partial charge on any atom is -0.478 e. The fraction of sp³-hybridized carbons (Fsp3) is 0.250. The van der Waals surface area contributed by atoms with Gasteiger partial charge in [0.1, 0.15) is 11.4 Å². The summed E-state index contributed by atoms with van der Waals surface area (Å²) < 4.78 is 78.6. The molecular formula is C16H10Br2F6N2O6. The second kappa shape index (κ2) is 10.3. The Morgan fingerprint density at radius 3 is 1.62 bits per heavy atom. The highest BCUT2D eigenvalue weighted by Gasteiger charge is 2.38. The summed E-state index contributed by atoms with van der Waals surface area (Å²) in [5, 5.41) is 8.50. The molecule has 0 spiro atoms. The average Bonchev–Trinajstić information content (AvgIpc) is 2.64. The van der Waals surface area contributed by atoms with E-state index in [4.69, 9.17) is 5.11 Å². The molecule has 0 bridgehead atoms. The number of hydrogen-bond donors (Lipinski definition) is 3. The quantitative estimate of drug-likeness (QED) is 0.358. The van der Waals surface area contributed by atoms with Gasteiger partial charge in [0.05, 0.1) is 26.7 Å². The topological polar surface area (TPSA) is 129 Å². The van der Waals surface area contributed by atoms with Crippen molar-refractivity contribution >= 4 is 43.8 Å². The average molecular weight is 600 g/mol. The standard InChI is InChI=1S/C9H7BrF3NO3.C7H3BrF3NO3/c1-2-17-8(16)4-3-5(10)7(15)14-6(4)9(11,12)13;8-3-1-2(6(14)15)4(7(9,10)11)12-5(3)13/h3H,2H2,1H3,(H,14,15);1H,(H,12,13)(H,14,15). The minimum atomic E-state index is -4.91. The number of carbonyl (C=O) groups excluding carboxylic acids is 1. The van der Waals surface area contributed by atoms with Gasteiger partial charge < -0.3 is 19.8 Å². The van der Waals surface area contributed by atoms with Crippen LogP contribution >= 0.6 is 31.9 Å². The predicted molar refractivity (Wildman–Crippen MR) is 102 cm³/mol. The first-order valence-corrected chi connectivity index (χ1v) is 9.49. The van der Waals surface area contributed by atoms with E-state index >= 15 is 0 Å². The lowest BCUT2D eigenvalue weighted by Crippen LogP contribution is -2.23. The number of aromatic amines is 2. The number of halogens is 8. The van der Waals surface area contributed by atoms with Gasteiger partial charge in [-0.3, -0.25) is 9.59 Å². The highest BCUT2D eigenvalue weighted by Crippen LogP contribution is 2.31. The van der Waals surface area contributed by atoms with Gasteiger partial charge in [0.15, 0.2) is 0 Å². The van der Waals surface area contributed by atoms with E-state index in [0.717, 1.165) is 6.07 Å². The molecule has 0 fully saturated rings. The number of pyridine rings is 2. The molecule has 32 heavy (non-hydrogen) atoms. The van der Waals surface area contributed by atoms with Crippen LogP contribution in [0.1, 0.15) is 39.0 Å². The summed E-state index contributed by atoms with van der Waals surface area (Å²) in [5.41, 5.74) is -6.72. The Morgan fingerprint density at radius 1 is 0.906 bits per heavy atom. The molecule has 0 unspecified atom stereocenters. The maximum absolute atomic E-state index is 12.6. The Bertz CT molecular complexity index is 1140. The van der Waals surface area contributed by atoms with Gasteiger partial charge in [0, 0.05) is 0 Å². The molecule has 176 valence electrons. The fourth-order valence-corrected chi connectivity index (χ4v) is 2.65. The molecule has 0 atom stereocenters. The lowest BCUT2D eigenvalue weighted by molar-refractivity contribution is -0.142. The number of aromatic nitrogens is 2. The summed E-state index contributed by atoms with van der Waals surface area (Å²) in [5.74, 6) is -2.91. The van der Waals surface area contributed by atoms with Gasteiger partial charge in [-0.25, -0.2) is 9.59 Å². The summed E-state index contributed by atoms with van der Waals surface area (Å²) in [4.78, 5) is 46.8. The van der Waals surface area contributed by atoms with E-state index in [1.54, 1.807) is 4.98 Å². The molecule has 0 aromatic carbocycles. The van der Waals surface area contributed by atoms with Crippen LogP contribution in [0.25, 0.3) is 0 Å². The van der Waals surface area contributed by atoms with Gasteiger partial charge >= 0.3 is 24.3 Å². The maximum atomic E-state index is 12.6. The van der Waals surface area contributed by atoms with Crippen molar-refractivity contribution in [1.29, 1.82) is 0 Å². The Morgan fingerprint density at radius 2 is 1.28 bits per heavy atom. The number of carboxylic acids is 1. The van der Waals surface area contributed by atoms with E-state index in [-0.39, 0.29) is 15.6 Å². The number of H-pyrrole nitrogens is 2. The van der Waals surface area contributed by atoms with Crippen molar-refractivity contribution in [2.75, 3.05) is 6.61 Å². The lowest BCUT2D eigenvalue weighted by atomic mass is 10.2. The highest BCUT2D eigenvalue weighted by molar-refractivity contribution is 9.10. The van der Waals surface area contributed by atoms with Crippen molar-refractivity contribution in [2.24, 2.45) is 0 Å². The number of ether oxygens (including phenoxy) is 1. The van der Waals surface area contributed by atoms with Gasteiger partial charge in [-0.15, -0.1) is 0 Å². The maximum Gasteiger partial charge on any atom is 0.432 e. The van der Waals surface area contributed by atoms with Crippen molar-refractivity contribution in [3.05, 3.63) is 64.3 Å². The molecular weight excluding hydrogens is 590 g/mol. The zero-order valence-electron chi connectivity index (χ0n) is 15.4. The first kappa shape index (κ1) is 27.4. The van der Waals surface area contributed by atoms with Crippen molar-refractivity contribution < 1.29 is 45.8 Å². The molecule has 0 aliphatic carbocycles. The Balaban J connectivity index is 0.000000323. The number of hydrogen-bond acceptors (Lipinski definition) is 5. The van der Waals surface area contributed by atoms with Gasteiger partial charge in [0.25, 0.3) is 11.1 Å². The molecule has 2 aromatic heterocycles. The number of esters is 1. The van der Waals surface area contributed by atoms with Crippen molar-refractivity contribution in [3.8, 4) is 0 Å². The summed E-state index contributed by atoms with van der Waals surface area (Å²) in [6.45, 7) is 1.40. The van der Waals surface area contributed by atoms with Gasteiger partial charge in [-0.05, 0) is 50.9 Å². The third kappa shape index (κ3) is 6.94. The zero-order valence-corrected chi connectivity index (χ0v) is 18.5. The molecule has 0 aliphatic heterocycles. The molecule has 0 aliphatic rings. The second-order valence-electron chi connectivity index (χ2n) is 5.49. The van der Waals surface area contributed by atoms with E-state index < -0.39 is 57.9 Å². The Hall–Kier alpha value is -2.62. The molecule has 8 nitrogen and oxygen atoms in total. The smallest absolute Gasteiger partial charge is 0.432 e. The molecule has 0 saturated heterocycles. The van der Waals surface area contributed by atoms with E-state index in [1.807, 2.05) is 0 Å². The van der Waals surface area contributed by atoms with Crippen molar-refractivity contribution in [2.45, 2.75) is 19.3 Å². The van der Waals surface area contributed by atoms with E-state index in [2.05, 4.69) is 36.6 Å². The first-order valence-electron chi connectivity index (χ1n) is 7.91. The fourth-order valence-electron chi connectivity index (χ4n) is 2.00. The van der Waals surface area contributed by atoms with Crippen LogP contribution in [0.15, 0.2) is 30.7 Å². The number of carbonyl (C=O) groups is 2. The van der Waals surface area contributed by atoms with Gasteiger partial charge in [0.2, 0.25) is 0 Å². The summed E-state index contributed by atoms with van der Waals surface area (Å²) in [6, 6.07) is 1.41. The molecule has 2 heterocycles. The van der Waals surface area contributed by atoms with E-state index in [1.165, 1.54) is 11.9 Å². The Kier molecular flexibility index (Phi) is 8.85. The number of carboxylic acid groups (broad SMARTS) is 1. The normalized spacial score (nSPS) is 11.4. The van der Waals surface area contributed by atoms with Gasteiger partial charge in [-0.1, -0.05) is 0 Å². The monoisotopic (exact) mass is 598 g/mol. The van der Waals surface area contributed by atoms with E-state index in [9.17, 15) is 45.5 Å².